The van der Waals surface area contributed by atoms with Crippen molar-refractivity contribution in [3.05, 3.63) is 23.0 Å². The number of nitrogens with one attached hydrogen (secondary N) is 1. The number of aromatic amines is 1. The summed E-state index contributed by atoms with van der Waals surface area (Å²) in [6.45, 7) is 0. The van der Waals surface area contributed by atoms with Gasteiger partial charge < -0.3 is 10.1 Å². The van der Waals surface area contributed by atoms with E-state index in [4.69, 9.17) is 28.3 Å². The predicted octanol–water partition coefficient (Wildman–Crippen LogP) is 2.38. The number of hydrogen-bond donors (Lipinski definition) is 2. The smallest absolute Gasteiger partial charge is 0.352 e. The van der Waals surface area contributed by atoms with Gasteiger partial charge in [0, 0.05) is 12.1 Å². The molecule has 0 saturated heterocycles. The topological polar surface area (TPSA) is 53.1 Å². The van der Waals surface area contributed by atoms with Crippen molar-refractivity contribution in [3.63, 3.8) is 0 Å². The molecule has 1 heterocycles. The van der Waals surface area contributed by atoms with Gasteiger partial charge in [0.15, 0.2) is 0 Å². The zero-order valence-corrected chi connectivity index (χ0v) is 8.82. The molecule has 0 atom stereocenters. The first-order valence-corrected chi connectivity index (χ1v) is 5.05. The Morgan fingerprint density at radius 1 is 1.57 bits per heavy atom. The summed E-state index contributed by atoms with van der Waals surface area (Å²) in [5.74, 6) is -0.950. The number of rotatable bonds is 1. The Morgan fingerprint density at radius 3 is 2.93 bits per heavy atom. The van der Waals surface area contributed by atoms with Crippen LogP contribution < -0.4 is 0 Å². The molecule has 76 valence electrons. The van der Waals surface area contributed by atoms with E-state index in [-0.39, 0.29) is 5.69 Å². The van der Waals surface area contributed by atoms with E-state index in [2.05, 4.69) is 4.98 Å². The summed E-state index contributed by atoms with van der Waals surface area (Å²) in [6, 6.07) is 1.61. The van der Waals surface area contributed by atoms with E-state index in [0.29, 0.717) is 19.3 Å². The van der Waals surface area contributed by atoms with Crippen LogP contribution in [0.1, 0.15) is 28.2 Å². The molecule has 0 unspecified atom stereocenters. The van der Waals surface area contributed by atoms with Crippen LogP contribution in [0.3, 0.4) is 0 Å². The molecule has 0 saturated carbocycles. The highest BCUT2D eigenvalue weighted by molar-refractivity contribution is 6.48. The van der Waals surface area contributed by atoms with E-state index < -0.39 is 10.3 Å². The molecule has 2 N–H and O–H groups in total. The lowest BCUT2D eigenvalue weighted by Gasteiger charge is -2.24. The zero-order chi connectivity index (χ0) is 10.3. The SMILES string of the molecule is O=C(O)c1cc2c([nH]1)CCC(Cl)(Cl)C2. The molecular weight excluding hydrogens is 225 g/mol. The van der Waals surface area contributed by atoms with Crippen LogP contribution in [0.5, 0.6) is 0 Å². The van der Waals surface area contributed by atoms with Crippen molar-refractivity contribution < 1.29 is 9.90 Å². The van der Waals surface area contributed by atoms with Crippen LogP contribution in [-0.2, 0) is 12.8 Å². The van der Waals surface area contributed by atoms with Crippen molar-refractivity contribution in [2.75, 3.05) is 0 Å². The molecule has 0 bridgehead atoms. The van der Waals surface area contributed by atoms with E-state index in [1.54, 1.807) is 6.07 Å². The average Bonchev–Trinajstić information content (AvgIpc) is 2.45. The second-order valence-electron chi connectivity index (χ2n) is 3.52. The number of carboxylic acids is 1. The number of hydrogen-bond acceptors (Lipinski definition) is 1. The number of halogens is 2. The Morgan fingerprint density at radius 2 is 2.29 bits per heavy atom. The van der Waals surface area contributed by atoms with Gasteiger partial charge in [-0.25, -0.2) is 4.79 Å². The summed E-state index contributed by atoms with van der Waals surface area (Å²) in [5.41, 5.74) is 2.07. The Labute approximate surface area is 91.0 Å². The highest BCUT2D eigenvalue weighted by Gasteiger charge is 2.31. The second-order valence-corrected chi connectivity index (χ2v) is 5.17. The van der Waals surface area contributed by atoms with Crippen molar-refractivity contribution in [2.45, 2.75) is 23.6 Å². The van der Waals surface area contributed by atoms with Gasteiger partial charge in [-0.2, -0.15) is 0 Å². The molecule has 1 aliphatic carbocycles. The summed E-state index contributed by atoms with van der Waals surface area (Å²) in [6.07, 6.45) is 1.87. The first-order valence-electron chi connectivity index (χ1n) is 4.30. The summed E-state index contributed by atoms with van der Waals surface area (Å²) >= 11 is 12.0. The molecule has 0 aliphatic heterocycles. The summed E-state index contributed by atoms with van der Waals surface area (Å²) < 4.78 is -0.745. The quantitative estimate of drug-likeness (QED) is 0.733. The largest absolute Gasteiger partial charge is 0.477 e. The van der Waals surface area contributed by atoms with E-state index in [1.807, 2.05) is 0 Å². The van der Waals surface area contributed by atoms with Crippen LogP contribution in [0.15, 0.2) is 6.07 Å². The standard InChI is InChI=1S/C9H9Cl2NO2/c10-9(11)2-1-6-5(4-9)3-7(12-6)8(13)14/h3,12H,1-2,4H2,(H,13,14). The third-order valence-electron chi connectivity index (χ3n) is 2.41. The highest BCUT2D eigenvalue weighted by Crippen LogP contribution is 2.37. The molecule has 0 spiro atoms. The van der Waals surface area contributed by atoms with Gasteiger partial charge in [0.1, 0.15) is 10.0 Å². The number of H-pyrrole nitrogens is 1. The molecule has 1 aromatic rings. The molecule has 3 nitrogen and oxygen atoms in total. The second kappa shape index (κ2) is 3.17. The number of carbonyl (C=O) groups is 1. The monoisotopic (exact) mass is 233 g/mol. The lowest BCUT2D eigenvalue weighted by molar-refractivity contribution is 0.0691. The van der Waals surface area contributed by atoms with Gasteiger partial charge in [-0.15, -0.1) is 23.2 Å². The fourth-order valence-electron chi connectivity index (χ4n) is 1.71. The highest BCUT2D eigenvalue weighted by atomic mass is 35.5. The maximum Gasteiger partial charge on any atom is 0.352 e. The summed E-state index contributed by atoms with van der Waals surface area (Å²) in [5, 5.41) is 8.77. The number of fused-ring (bicyclic) bond motifs is 1. The molecule has 14 heavy (non-hydrogen) atoms. The van der Waals surface area contributed by atoms with Crippen LogP contribution in [0, 0.1) is 0 Å². The zero-order valence-electron chi connectivity index (χ0n) is 7.31. The number of alkyl halides is 2. The van der Waals surface area contributed by atoms with Crippen molar-refractivity contribution >= 4 is 29.2 Å². The van der Waals surface area contributed by atoms with Gasteiger partial charge in [0.2, 0.25) is 0 Å². The minimum atomic E-state index is -0.950. The molecule has 2 rings (SSSR count). The first kappa shape index (κ1) is 9.87. The molecule has 0 amide bonds. The molecule has 0 radical (unpaired) electrons. The Hall–Kier alpha value is -0.670. The fraction of sp³-hybridized carbons (Fsp3) is 0.444. The normalized spacial score (nSPS) is 19.0. The lowest BCUT2D eigenvalue weighted by Crippen LogP contribution is -2.22. The minimum Gasteiger partial charge on any atom is -0.477 e. The number of carboxylic acid groups (broad SMARTS) is 1. The van der Waals surface area contributed by atoms with Crippen molar-refractivity contribution in [1.82, 2.24) is 4.98 Å². The third-order valence-corrected chi connectivity index (χ3v) is 3.06. The molecule has 5 heteroatoms. The van der Waals surface area contributed by atoms with E-state index in [1.165, 1.54) is 0 Å². The van der Waals surface area contributed by atoms with Crippen molar-refractivity contribution in [2.24, 2.45) is 0 Å². The van der Waals surface area contributed by atoms with Crippen LogP contribution in [0.2, 0.25) is 0 Å². The van der Waals surface area contributed by atoms with Gasteiger partial charge in [-0.1, -0.05) is 0 Å². The van der Waals surface area contributed by atoms with Gasteiger partial charge in [-0.3, -0.25) is 0 Å². The summed E-state index contributed by atoms with van der Waals surface area (Å²) in [4.78, 5) is 13.5. The van der Waals surface area contributed by atoms with Gasteiger partial charge in [0.25, 0.3) is 0 Å². The third kappa shape index (κ3) is 1.74. The Balaban J connectivity index is 2.34. The average molecular weight is 234 g/mol. The fourth-order valence-corrected chi connectivity index (χ4v) is 2.19. The van der Waals surface area contributed by atoms with Crippen molar-refractivity contribution in [3.8, 4) is 0 Å². The van der Waals surface area contributed by atoms with Crippen LogP contribution in [-0.4, -0.2) is 20.4 Å². The molecule has 1 aromatic heterocycles. The van der Waals surface area contributed by atoms with Gasteiger partial charge in [-0.05, 0) is 24.5 Å². The predicted molar refractivity (Wildman–Crippen MR) is 54.2 cm³/mol. The summed E-state index contributed by atoms with van der Waals surface area (Å²) in [7, 11) is 0. The number of aromatic carboxylic acids is 1. The van der Waals surface area contributed by atoms with Gasteiger partial charge in [0.05, 0.1) is 0 Å². The first-order chi connectivity index (χ1) is 6.48. The number of aryl methyl sites for hydroxylation is 1. The molecule has 1 aliphatic rings. The molecule has 0 fully saturated rings. The van der Waals surface area contributed by atoms with Gasteiger partial charge >= 0.3 is 5.97 Å². The van der Waals surface area contributed by atoms with E-state index in [9.17, 15) is 4.79 Å². The van der Waals surface area contributed by atoms with Crippen LogP contribution >= 0.6 is 23.2 Å². The minimum absolute atomic E-state index is 0.209. The molecule has 0 aromatic carbocycles. The lowest BCUT2D eigenvalue weighted by atomic mass is 9.97. The van der Waals surface area contributed by atoms with E-state index in [0.717, 1.165) is 11.3 Å². The van der Waals surface area contributed by atoms with Crippen LogP contribution in [0.4, 0.5) is 0 Å². The maximum atomic E-state index is 10.7. The van der Waals surface area contributed by atoms with Crippen molar-refractivity contribution in [1.29, 1.82) is 0 Å². The van der Waals surface area contributed by atoms with E-state index >= 15 is 0 Å². The van der Waals surface area contributed by atoms with Crippen LogP contribution in [0.25, 0.3) is 0 Å². The Bertz CT molecular complexity index is 384. The molecular formula is C9H9Cl2NO2. The maximum absolute atomic E-state index is 10.7. The number of aromatic nitrogens is 1. The Kier molecular flexibility index (Phi) is 2.24.